The van der Waals surface area contributed by atoms with E-state index < -0.39 is 0 Å². The van der Waals surface area contributed by atoms with Gasteiger partial charge in [0.05, 0.1) is 17.9 Å². The van der Waals surface area contributed by atoms with Crippen molar-refractivity contribution in [3.05, 3.63) is 18.0 Å². The molecule has 0 aromatic carbocycles. The first-order valence-corrected chi connectivity index (χ1v) is 3.65. The summed E-state index contributed by atoms with van der Waals surface area (Å²) in [6, 6.07) is 0. The number of aromatic amines is 1. The second-order valence-corrected chi connectivity index (χ2v) is 2.58. The number of aromatic nitrogens is 2. The fourth-order valence-electron chi connectivity index (χ4n) is 0.605. The summed E-state index contributed by atoms with van der Waals surface area (Å²) in [5.41, 5.74) is 2.74. The van der Waals surface area contributed by atoms with E-state index in [1.54, 1.807) is 0 Å². The Morgan fingerprint density at radius 1 is 1.75 bits per heavy atom. The lowest BCUT2D eigenvalue weighted by Crippen LogP contribution is -2.26. The molecule has 5 nitrogen and oxygen atoms in total. The Hall–Kier alpha value is -1.36. The molecule has 66 valence electrons. The topological polar surface area (TPSA) is 67.0 Å². The number of nitrogens with one attached hydrogen (secondary N) is 2. The van der Waals surface area contributed by atoms with E-state index >= 15 is 0 Å². The maximum atomic E-state index is 11.1. The molecule has 1 aromatic rings. The summed E-state index contributed by atoms with van der Waals surface area (Å²) >= 11 is 0. The van der Waals surface area contributed by atoms with Crippen molar-refractivity contribution < 1.29 is 9.63 Å². The normalized spacial score (nSPS) is 10.2. The number of carbonyl (C=O) groups is 1. The Labute approximate surface area is 70.1 Å². The molecule has 0 radical (unpaired) electrons. The summed E-state index contributed by atoms with van der Waals surface area (Å²) in [4.78, 5) is 16.0. The van der Waals surface area contributed by atoms with Crippen molar-refractivity contribution in [1.29, 1.82) is 0 Å². The third-order valence-corrected chi connectivity index (χ3v) is 1.15. The molecular weight excluding hydrogens is 158 g/mol. The number of hydroxylamine groups is 1. The van der Waals surface area contributed by atoms with Crippen LogP contribution in [0.15, 0.2) is 12.4 Å². The second kappa shape index (κ2) is 3.87. The van der Waals surface area contributed by atoms with Gasteiger partial charge in [-0.3, -0.25) is 14.7 Å². The number of carbonyl (C=O) groups excluding carboxylic acids is 1. The summed E-state index contributed by atoms with van der Waals surface area (Å²) in [6.45, 7) is 3.66. The van der Waals surface area contributed by atoms with E-state index in [1.165, 1.54) is 12.4 Å². The molecule has 0 aliphatic heterocycles. The molecule has 0 aliphatic rings. The van der Waals surface area contributed by atoms with Gasteiger partial charge in [-0.2, -0.15) is 5.10 Å². The van der Waals surface area contributed by atoms with E-state index in [9.17, 15) is 4.79 Å². The standard InChI is InChI=1S/C7H11N3O2/c1-5(2)12-10-7(11)6-3-8-9-4-6/h3-5H,1-2H3,(H,8,9)(H,10,11). The molecule has 0 saturated heterocycles. The number of rotatable bonds is 3. The van der Waals surface area contributed by atoms with Crippen molar-refractivity contribution in [1.82, 2.24) is 15.7 Å². The van der Waals surface area contributed by atoms with Crippen LogP contribution in [-0.4, -0.2) is 22.2 Å². The van der Waals surface area contributed by atoms with Gasteiger partial charge in [-0.15, -0.1) is 0 Å². The number of hydrogen-bond donors (Lipinski definition) is 2. The molecule has 0 unspecified atom stereocenters. The van der Waals surface area contributed by atoms with Crippen molar-refractivity contribution in [3.8, 4) is 0 Å². The molecule has 0 aliphatic carbocycles. The Morgan fingerprint density at radius 2 is 2.50 bits per heavy atom. The van der Waals surface area contributed by atoms with E-state index in [2.05, 4.69) is 15.7 Å². The number of H-pyrrole nitrogens is 1. The highest BCUT2D eigenvalue weighted by Gasteiger charge is 2.06. The van der Waals surface area contributed by atoms with Gasteiger partial charge in [0, 0.05) is 6.20 Å². The Bertz CT molecular complexity index is 243. The Kier molecular flexibility index (Phi) is 2.82. The van der Waals surface area contributed by atoms with Gasteiger partial charge in [0.1, 0.15) is 0 Å². The molecule has 0 spiro atoms. The highest BCUT2D eigenvalue weighted by molar-refractivity contribution is 5.92. The summed E-state index contributed by atoms with van der Waals surface area (Å²) < 4.78 is 0. The molecule has 5 heteroatoms. The van der Waals surface area contributed by atoms with Gasteiger partial charge in [0.15, 0.2) is 0 Å². The molecular formula is C7H11N3O2. The summed E-state index contributed by atoms with van der Waals surface area (Å²) in [5.74, 6) is -0.294. The van der Waals surface area contributed by atoms with Crippen LogP contribution >= 0.6 is 0 Å². The quantitative estimate of drug-likeness (QED) is 0.647. The van der Waals surface area contributed by atoms with E-state index in [0.29, 0.717) is 5.56 Å². The molecule has 12 heavy (non-hydrogen) atoms. The average Bonchev–Trinajstić information content (AvgIpc) is 2.51. The van der Waals surface area contributed by atoms with Crippen LogP contribution in [0.4, 0.5) is 0 Å². The highest BCUT2D eigenvalue weighted by atomic mass is 16.7. The number of hydrogen-bond acceptors (Lipinski definition) is 3. The van der Waals surface area contributed by atoms with Gasteiger partial charge in [0.25, 0.3) is 5.91 Å². The van der Waals surface area contributed by atoms with Gasteiger partial charge >= 0.3 is 0 Å². The van der Waals surface area contributed by atoms with Gasteiger partial charge in [-0.05, 0) is 13.8 Å². The lowest BCUT2D eigenvalue weighted by Gasteiger charge is -2.06. The van der Waals surface area contributed by atoms with Crippen LogP contribution < -0.4 is 5.48 Å². The fourth-order valence-corrected chi connectivity index (χ4v) is 0.605. The highest BCUT2D eigenvalue weighted by Crippen LogP contribution is 1.93. The van der Waals surface area contributed by atoms with E-state index in [1.807, 2.05) is 13.8 Å². The summed E-state index contributed by atoms with van der Waals surface area (Å²) in [5, 5.41) is 6.16. The first-order valence-electron chi connectivity index (χ1n) is 3.65. The van der Waals surface area contributed by atoms with E-state index in [4.69, 9.17) is 4.84 Å². The SMILES string of the molecule is CC(C)ONC(=O)c1cn[nH]c1. The minimum atomic E-state index is -0.294. The molecule has 2 N–H and O–H groups in total. The first-order chi connectivity index (χ1) is 5.70. The fraction of sp³-hybridized carbons (Fsp3) is 0.429. The molecule has 0 fully saturated rings. The van der Waals surface area contributed by atoms with Gasteiger partial charge in [-0.25, -0.2) is 5.48 Å². The molecule has 0 atom stereocenters. The maximum absolute atomic E-state index is 11.1. The monoisotopic (exact) mass is 169 g/mol. The van der Waals surface area contributed by atoms with Crippen LogP contribution in [0, 0.1) is 0 Å². The third kappa shape index (κ3) is 2.35. The van der Waals surface area contributed by atoms with Gasteiger partial charge in [0.2, 0.25) is 0 Å². The molecule has 1 amide bonds. The largest absolute Gasteiger partial charge is 0.285 e. The van der Waals surface area contributed by atoms with Gasteiger partial charge in [-0.1, -0.05) is 0 Å². The van der Waals surface area contributed by atoms with Crippen molar-refractivity contribution in [2.24, 2.45) is 0 Å². The van der Waals surface area contributed by atoms with Crippen LogP contribution in [0.1, 0.15) is 24.2 Å². The van der Waals surface area contributed by atoms with Crippen LogP contribution in [0.5, 0.6) is 0 Å². The Balaban J connectivity index is 2.40. The smallest absolute Gasteiger partial charge is 0.278 e. The molecule has 0 saturated carbocycles. The predicted molar refractivity (Wildman–Crippen MR) is 42.3 cm³/mol. The lowest BCUT2D eigenvalue weighted by atomic mass is 10.3. The van der Waals surface area contributed by atoms with Crippen LogP contribution in [0.2, 0.25) is 0 Å². The van der Waals surface area contributed by atoms with Crippen molar-refractivity contribution in [2.45, 2.75) is 20.0 Å². The average molecular weight is 169 g/mol. The molecule has 1 rings (SSSR count). The van der Waals surface area contributed by atoms with Crippen molar-refractivity contribution in [3.63, 3.8) is 0 Å². The summed E-state index contributed by atoms with van der Waals surface area (Å²) in [6.07, 6.45) is 2.90. The van der Waals surface area contributed by atoms with E-state index in [0.717, 1.165) is 0 Å². The zero-order valence-corrected chi connectivity index (χ0v) is 7.00. The van der Waals surface area contributed by atoms with Crippen LogP contribution in [0.25, 0.3) is 0 Å². The van der Waals surface area contributed by atoms with Crippen LogP contribution in [-0.2, 0) is 4.84 Å². The Morgan fingerprint density at radius 3 is 3.00 bits per heavy atom. The molecule has 0 bridgehead atoms. The van der Waals surface area contributed by atoms with Gasteiger partial charge < -0.3 is 0 Å². The molecule has 1 aromatic heterocycles. The molecule has 1 heterocycles. The zero-order chi connectivity index (χ0) is 8.97. The van der Waals surface area contributed by atoms with Crippen LogP contribution in [0.3, 0.4) is 0 Å². The predicted octanol–water partition coefficient (Wildman–Crippen LogP) is 0.479. The number of nitrogens with zero attached hydrogens (tertiary/aromatic N) is 1. The first kappa shape index (κ1) is 8.73. The second-order valence-electron chi connectivity index (χ2n) is 2.58. The van der Waals surface area contributed by atoms with E-state index in [-0.39, 0.29) is 12.0 Å². The minimum absolute atomic E-state index is 0.0270. The minimum Gasteiger partial charge on any atom is -0.285 e. The third-order valence-electron chi connectivity index (χ3n) is 1.15. The number of amides is 1. The van der Waals surface area contributed by atoms with Crippen molar-refractivity contribution >= 4 is 5.91 Å². The lowest BCUT2D eigenvalue weighted by molar-refractivity contribution is 0.000192. The van der Waals surface area contributed by atoms with Crippen molar-refractivity contribution in [2.75, 3.05) is 0 Å². The maximum Gasteiger partial charge on any atom is 0.278 e. The summed E-state index contributed by atoms with van der Waals surface area (Å²) in [7, 11) is 0. The zero-order valence-electron chi connectivity index (χ0n) is 7.00.